The van der Waals surface area contributed by atoms with Crippen LogP contribution in [-0.2, 0) is 28.5 Å². The van der Waals surface area contributed by atoms with Gasteiger partial charge < -0.3 is 4.74 Å². The van der Waals surface area contributed by atoms with Crippen LogP contribution in [0.2, 0.25) is 0 Å². The Morgan fingerprint density at radius 1 is 1.22 bits per heavy atom. The van der Waals surface area contributed by atoms with Crippen molar-refractivity contribution in [1.82, 2.24) is 19.6 Å². The molecule has 2 rings (SSSR count). The fourth-order valence-electron chi connectivity index (χ4n) is 3.11. The summed E-state index contributed by atoms with van der Waals surface area (Å²) in [5.74, 6) is -0.152. The second kappa shape index (κ2) is 7.45. The molecule has 130 valence electrons. The van der Waals surface area contributed by atoms with Crippen LogP contribution in [0.1, 0.15) is 38.4 Å². The predicted octanol–water partition coefficient (Wildman–Crippen LogP) is 1.40. The van der Waals surface area contributed by atoms with E-state index in [9.17, 15) is 4.79 Å². The van der Waals surface area contributed by atoms with E-state index in [1.165, 1.54) is 18.4 Å². The van der Waals surface area contributed by atoms with Crippen LogP contribution in [0.3, 0.4) is 0 Å². The molecule has 0 atom stereocenters. The molecule has 0 aliphatic carbocycles. The van der Waals surface area contributed by atoms with Crippen molar-refractivity contribution in [2.75, 3.05) is 39.8 Å². The highest BCUT2D eigenvalue weighted by molar-refractivity contribution is 5.71. The zero-order valence-corrected chi connectivity index (χ0v) is 15.1. The van der Waals surface area contributed by atoms with Crippen LogP contribution < -0.4 is 0 Å². The molecule has 1 saturated heterocycles. The molecule has 6 heteroatoms. The molecule has 2 heterocycles. The van der Waals surface area contributed by atoms with Gasteiger partial charge in [0.05, 0.1) is 19.3 Å². The third-order valence-electron chi connectivity index (χ3n) is 4.27. The zero-order valence-electron chi connectivity index (χ0n) is 15.1. The summed E-state index contributed by atoms with van der Waals surface area (Å²) in [4.78, 5) is 16.1. The van der Waals surface area contributed by atoms with Crippen LogP contribution in [0.25, 0.3) is 0 Å². The van der Waals surface area contributed by atoms with Crippen molar-refractivity contribution in [1.29, 1.82) is 0 Å². The summed E-state index contributed by atoms with van der Waals surface area (Å²) >= 11 is 0. The fraction of sp³-hybridized carbons (Fsp3) is 0.765. The van der Waals surface area contributed by atoms with Crippen LogP contribution in [0.4, 0.5) is 0 Å². The monoisotopic (exact) mass is 322 g/mol. The number of esters is 1. The Balaban J connectivity index is 1.98. The molecule has 0 saturated carbocycles. The standard InChI is InChI=1S/C17H30N4O2/c1-17(2,3)16-14(11-19(4)18-16)12-20-7-6-8-21(10-9-20)13-15(22)23-5/h11H,6-10,12-13H2,1-5H3. The van der Waals surface area contributed by atoms with Gasteiger partial charge in [-0.05, 0) is 13.0 Å². The molecule has 0 aromatic carbocycles. The van der Waals surface area contributed by atoms with Gasteiger partial charge in [0.2, 0.25) is 0 Å². The highest BCUT2D eigenvalue weighted by Gasteiger charge is 2.24. The molecule has 0 radical (unpaired) electrons. The SMILES string of the molecule is COC(=O)CN1CCCN(Cc2cn(C)nc2C(C)(C)C)CC1. The number of nitrogens with zero attached hydrogens (tertiary/aromatic N) is 4. The third-order valence-corrected chi connectivity index (χ3v) is 4.27. The first-order valence-corrected chi connectivity index (χ1v) is 8.34. The second-order valence-electron chi connectivity index (χ2n) is 7.41. The average Bonchev–Trinajstić information content (AvgIpc) is 2.70. The van der Waals surface area contributed by atoms with E-state index in [2.05, 4.69) is 41.9 Å². The zero-order chi connectivity index (χ0) is 17.0. The first kappa shape index (κ1) is 17.9. The predicted molar refractivity (Wildman–Crippen MR) is 90.3 cm³/mol. The van der Waals surface area contributed by atoms with Crippen molar-refractivity contribution in [3.8, 4) is 0 Å². The lowest BCUT2D eigenvalue weighted by Crippen LogP contribution is -2.34. The lowest BCUT2D eigenvalue weighted by atomic mass is 9.89. The summed E-state index contributed by atoms with van der Waals surface area (Å²) in [6.45, 7) is 11.8. The summed E-state index contributed by atoms with van der Waals surface area (Å²) in [5.41, 5.74) is 2.54. The molecule has 0 bridgehead atoms. The Labute approximate surface area is 139 Å². The van der Waals surface area contributed by atoms with Gasteiger partial charge >= 0.3 is 5.97 Å². The van der Waals surface area contributed by atoms with Gasteiger partial charge in [-0.3, -0.25) is 19.3 Å². The third kappa shape index (κ3) is 5.04. The highest BCUT2D eigenvalue weighted by Crippen LogP contribution is 2.25. The van der Waals surface area contributed by atoms with E-state index in [-0.39, 0.29) is 11.4 Å². The van der Waals surface area contributed by atoms with Crippen molar-refractivity contribution < 1.29 is 9.53 Å². The normalized spacial score (nSPS) is 18.0. The van der Waals surface area contributed by atoms with Crippen LogP contribution >= 0.6 is 0 Å². The van der Waals surface area contributed by atoms with E-state index >= 15 is 0 Å². The Hall–Kier alpha value is -1.40. The smallest absolute Gasteiger partial charge is 0.319 e. The van der Waals surface area contributed by atoms with Gasteiger partial charge in [-0.2, -0.15) is 5.10 Å². The number of methoxy groups -OCH3 is 1. The topological polar surface area (TPSA) is 50.6 Å². The number of rotatable bonds is 4. The van der Waals surface area contributed by atoms with E-state index in [0.29, 0.717) is 6.54 Å². The van der Waals surface area contributed by atoms with E-state index in [1.54, 1.807) is 0 Å². The molecule has 1 aromatic heterocycles. The Morgan fingerprint density at radius 2 is 1.87 bits per heavy atom. The van der Waals surface area contributed by atoms with Gasteiger partial charge in [0, 0.05) is 50.4 Å². The lowest BCUT2D eigenvalue weighted by molar-refractivity contribution is -0.141. The second-order valence-corrected chi connectivity index (χ2v) is 7.41. The van der Waals surface area contributed by atoms with E-state index in [4.69, 9.17) is 4.74 Å². The first-order valence-electron chi connectivity index (χ1n) is 8.34. The van der Waals surface area contributed by atoms with Gasteiger partial charge in [-0.25, -0.2) is 0 Å². The van der Waals surface area contributed by atoms with Gasteiger partial charge in [0.25, 0.3) is 0 Å². The van der Waals surface area contributed by atoms with Crippen molar-refractivity contribution in [3.05, 3.63) is 17.5 Å². The molecular weight excluding hydrogens is 292 g/mol. The number of hydrogen-bond acceptors (Lipinski definition) is 5. The molecule has 1 aliphatic rings. The molecule has 1 fully saturated rings. The molecule has 23 heavy (non-hydrogen) atoms. The van der Waals surface area contributed by atoms with E-state index < -0.39 is 0 Å². The number of carbonyl (C=O) groups excluding carboxylic acids is 1. The summed E-state index contributed by atoms with van der Waals surface area (Å²) in [6.07, 6.45) is 3.21. The van der Waals surface area contributed by atoms with Crippen LogP contribution in [0, 0.1) is 0 Å². The minimum atomic E-state index is -0.152. The summed E-state index contributed by atoms with van der Waals surface area (Å²) in [5, 5.41) is 4.65. The van der Waals surface area contributed by atoms with E-state index in [1.807, 2.05) is 11.7 Å². The molecule has 1 aliphatic heterocycles. The molecular formula is C17H30N4O2. The minimum absolute atomic E-state index is 0.0549. The Kier molecular flexibility index (Phi) is 5.81. The molecule has 0 unspecified atom stereocenters. The van der Waals surface area contributed by atoms with E-state index in [0.717, 1.165) is 39.1 Å². The van der Waals surface area contributed by atoms with Crippen LogP contribution in [0.15, 0.2) is 6.20 Å². The van der Waals surface area contributed by atoms with Gasteiger partial charge in [0.15, 0.2) is 0 Å². The highest BCUT2D eigenvalue weighted by atomic mass is 16.5. The molecule has 0 N–H and O–H groups in total. The maximum Gasteiger partial charge on any atom is 0.319 e. The molecule has 0 spiro atoms. The van der Waals surface area contributed by atoms with Crippen molar-refractivity contribution in [2.45, 2.75) is 39.2 Å². The van der Waals surface area contributed by atoms with Gasteiger partial charge in [-0.1, -0.05) is 20.8 Å². The van der Waals surface area contributed by atoms with Crippen molar-refractivity contribution >= 4 is 5.97 Å². The molecule has 6 nitrogen and oxygen atoms in total. The quantitative estimate of drug-likeness (QED) is 0.784. The fourth-order valence-corrected chi connectivity index (χ4v) is 3.11. The molecule has 0 amide bonds. The lowest BCUT2D eigenvalue weighted by Gasteiger charge is -2.23. The largest absolute Gasteiger partial charge is 0.468 e. The number of ether oxygens (including phenoxy) is 1. The summed E-state index contributed by atoms with van der Waals surface area (Å²) in [6, 6.07) is 0. The average molecular weight is 322 g/mol. The summed E-state index contributed by atoms with van der Waals surface area (Å²) < 4.78 is 6.68. The van der Waals surface area contributed by atoms with Crippen molar-refractivity contribution in [2.24, 2.45) is 7.05 Å². The Morgan fingerprint density at radius 3 is 2.52 bits per heavy atom. The number of carbonyl (C=O) groups is 1. The Bertz CT molecular complexity index is 533. The first-order chi connectivity index (χ1) is 10.8. The maximum absolute atomic E-state index is 11.4. The number of aromatic nitrogens is 2. The summed E-state index contributed by atoms with van der Waals surface area (Å²) in [7, 11) is 3.43. The molecule has 1 aromatic rings. The van der Waals surface area contributed by atoms with Gasteiger partial charge in [0.1, 0.15) is 0 Å². The van der Waals surface area contributed by atoms with Crippen LogP contribution in [-0.4, -0.2) is 65.4 Å². The maximum atomic E-state index is 11.4. The van der Waals surface area contributed by atoms with Crippen molar-refractivity contribution in [3.63, 3.8) is 0 Å². The number of aryl methyl sites for hydroxylation is 1. The number of hydrogen-bond donors (Lipinski definition) is 0. The minimum Gasteiger partial charge on any atom is -0.468 e. The van der Waals surface area contributed by atoms with Crippen LogP contribution in [0.5, 0.6) is 0 Å². The van der Waals surface area contributed by atoms with Gasteiger partial charge in [-0.15, -0.1) is 0 Å².